The third kappa shape index (κ3) is 3.58. The van der Waals surface area contributed by atoms with Crippen LogP contribution >= 0.6 is 0 Å². The topological polar surface area (TPSA) is 70.4 Å². The van der Waals surface area contributed by atoms with Crippen molar-refractivity contribution in [1.29, 1.82) is 0 Å². The van der Waals surface area contributed by atoms with E-state index in [-0.39, 0.29) is 0 Å². The SMILES string of the molecule is COC(=O)c1cccc(-n2cc(C(OC=O)c3ccccc3)cn2)c1. The van der Waals surface area contributed by atoms with E-state index in [1.807, 2.05) is 36.4 Å². The zero-order valence-corrected chi connectivity index (χ0v) is 13.5. The number of aromatic nitrogens is 2. The Morgan fingerprint density at radius 2 is 1.92 bits per heavy atom. The molecule has 1 atom stereocenters. The summed E-state index contributed by atoms with van der Waals surface area (Å²) in [5, 5.41) is 4.31. The molecule has 6 heteroatoms. The number of nitrogens with zero attached hydrogens (tertiary/aromatic N) is 2. The minimum atomic E-state index is -0.545. The van der Waals surface area contributed by atoms with Crippen LogP contribution in [-0.4, -0.2) is 29.3 Å². The normalized spacial score (nSPS) is 11.6. The lowest BCUT2D eigenvalue weighted by atomic mass is 10.0. The van der Waals surface area contributed by atoms with Crippen LogP contribution in [-0.2, 0) is 14.3 Å². The molecule has 0 N–H and O–H groups in total. The van der Waals surface area contributed by atoms with Crippen LogP contribution in [0, 0.1) is 0 Å². The van der Waals surface area contributed by atoms with Gasteiger partial charge in [0.1, 0.15) is 0 Å². The highest BCUT2D eigenvalue weighted by Gasteiger charge is 2.17. The molecule has 3 rings (SSSR count). The Labute approximate surface area is 144 Å². The van der Waals surface area contributed by atoms with Gasteiger partial charge in [-0.25, -0.2) is 9.48 Å². The molecule has 0 fully saturated rings. The molecule has 1 unspecified atom stereocenters. The second-order valence-electron chi connectivity index (χ2n) is 5.28. The fourth-order valence-electron chi connectivity index (χ4n) is 2.54. The fraction of sp³-hybridized carbons (Fsp3) is 0.105. The number of carbonyl (C=O) groups is 2. The third-order valence-corrected chi connectivity index (χ3v) is 3.73. The second kappa shape index (κ2) is 7.44. The largest absolute Gasteiger partial charge is 0.465 e. The quantitative estimate of drug-likeness (QED) is 0.511. The molecular formula is C19H16N2O4. The molecule has 0 bridgehead atoms. The first-order valence-corrected chi connectivity index (χ1v) is 7.60. The number of hydrogen-bond acceptors (Lipinski definition) is 5. The summed E-state index contributed by atoms with van der Waals surface area (Å²) in [7, 11) is 1.34. The number of hydrogen-bond donors (Lipinski definition) is 0. The van der Waals surface area contributed by atoms with E-state index in [1.165, 1.54) is 7.11 Å². The number of methoxy groups -OCH3 is 1. The van der Waals surface area contributed by atoms with Gasteiger partial charge in [0.2, 0.25) is 0 Å². The van der Waals surface area contributed by atoms with Crippen molar-refractivity contribution in [1.82, 2.24) is 9.78 Å². The van der Waals surface area contributed by atoms with E-state index in [0.717, 1.165) is 11.1 Å². The van der Waals surface area contributed by atoms with Crippen LogP contribution in [0.4, 0.5) is 0 Å². The first kappa shape index (κ1) is 16.4. The van der Waals surface area contributed by atoms with Gasteiger partial charge in [-0.15, -0.1) is 0 Å². The van der Waals surface area contributed by atoms with E-state index >= 15 is 0 Å². The summed E-state index contributed by atoms with van der Waals surface area (Å²) in [5.74, 6) is -0.416. The Kier molecular flexibility index (Phi) is 4.89. The van der Waals surface area contributed by atoms with Gasteiger partial charge in [-0.05, 0) is 23.8 Å². The van der Waals surface area contributed by atoms with Gasteiger partial charge in [0.05, 0.1) is 24.6 Å². The van der Waals surface area contributed by atoms with Gasteiger partial charge in [-0.2, -0.15) is 5.10 Å². The molecule has 1 aromatic heterocycles. The van der Waals surface area contributed by atoms with E-state index in [4.69, 9.17) is 9.47 Å². The molecule has 0 radical (unpaired) electrons. The van der Waals surface area contributed by atoms with Crippen molar-refractivity contribution in [2.45, 2.75) is 6.10 Å². The molecule has 1 heterocycles. The van der Waals surface area contributed by atoms with E-state index in [9.17, 15) is 9.59 Å². The van der Waals surface area contributed by atoms with E-state index in [1.54, 1.807) is 35.3 Å². The molecule has 0 amide bonds. The molecular weight excluding hydrogens is 320 g/mol. The maximum Gasteiger partial charge on any atom is 0.337 e. The molecule has 126 valence electrons. The standard InChI is InChI=1S/C19H16N2O4/c1-24-19(23)15-8-5-9-17(10-15)21-12-16(11-20-21)18(25-13-22)14-6-3-2-4-7-14/h2-13,18H,1H3. The van der Waals surface area contributed by atoms with E-state index in [0.29, 0.717) is 17.7 Å². The van der Waals surface area contributed by atoms with Crippen molar-refractivity contribution in [3.8, 4) is 5.69 Å². The van der Waals surface area contributed by atoms with Crippen molar-refractivity contribution in [2.24, 2.45) is 0 Å². The number of benzene rings is 2. The first-order chi connectivity index (χ1) is 12.2. The fourth-order valence-corrected chi connectivity index (χ4v) is 2.54. The molecule has 0 saturated heterocycles. The maximum absolute atomic E-state index is 11.7. The minimum absolute atomic E-state index is 0.416. The van der Waals surface area contributed by atoms with Crippen molar-refractivity contribution in [3.05, 3.63) is 83.7 Å². The van der Waals surface area contributed by atoms with Gasteiger partial charge in [-0.3, -0.25) is 4.79 Å². The van der Waals surface area contributed by atoms with Crippen LogP contribution in [0.15, 0.2) is 67.0 Å². The van der Waals surface area contributed by atoms with Crippen LogP contribution in [0.25, 0.3) is 5.69 Å². The predicted molar refractivity (Wildman–Crippen MR) is 90.3 cm³/mol. The average molecular weight is 336 g/mol. The number of ether oxygens (including phenoxy) is 2. The van der Waals surface area contributed by atoms with Crippen LogP contribution in [0.2, 0.25) is 0 Å². The highest BCUT2D eigenvalue weighted by molar-refractivity contribution is 5.89. The lowest BCUT2D eigenvalue weighted by molar-refractivity contribution is -0.132. The van der Waals surface area contributed by atoms with E-state index in [2.05, 4.69) is 5.10 Å². The van der Waals surface area contributed by atoms with Gasteiger partial charge in [0.15, 0.2) is 6.10 Å². The molecule has 0 saturated carbocycles. The molecule has 6 nitrogen and oxygen atoms in total. The number of carbonyl (C=O) groups excluding carboxylic acids is 2. The van der Waals surface area contributed by atoms with Crippen molar-refractivity contribution in [3.63, 3.8) is 0 Å². The molecule has 0 aliphatic heterocycles. The summed E-state index contributed by atoms with van der Waals surface area (Å²) >= 11 is 0. The lowest BCUT2D eigenvalue weighted by Crippen LogP contribution is -2.05. The summed E-state index contributed by atoms with van der Waals surface area (Å²) in [5.41, 5.74) is 2.70. The van der Waals surface area contributed by atoms with Gasteiger partial charge >= 0.3 is 5.97 Å². The zero-order chi connectivity index (χ0) is 17.6. The Morgan fingerprint density at radius 1 is 1.12 bits per heavy atom. The minimum Gasteiger partial charge on any atom is -0.465 e. The summed E-state index contributed by atoms with van der Waals surface area (Å²) in [4.78, 5) is 22.6. The Balaban J connectivity index is 1.93. The molecule has 0 spiro atoms. The van der Waals surface area contributed by atoms with Gasteiger partial charge in [0.25, 0.3) is 6.47 Å². The van der Waals surface area contributed by atoms with Gasteiger partial charge in [-0.1, -0.05) is 36.4 Å². The van der Waals surface area contributed by atoms with Crippen molar-refractivity contribution >= 4 is 12.4 Å². The third-order valence-electron chi connectivity index (χ3n) is 3.73. The van der Waals surface area contributed by atoms with Crippen molar-refractivity contribution in [2.75, 3.05) is 7.11 Å². The van der Waals surface area contributed by atoms with Gasteiger partial charge < -0.3 is 9.47 Å². The maximum atomic E-state index is 11.7. The lowest BCUT2D eigenvalue weighted by Gasteiger charge is -2.13. The van der Waals surface area contributed by atoms with Crippen LogP contribution in [0.3, 0.4) is 0 Å². The van der Waals surface area contributed by atoms with E-state index < -0.39 is 12.1 Å². The second-order valence-corrected chi connectivity index (χ2v) is 5.28. The van der Waals surface area contributed by atoms with Crippen LogP contribution in [0.5, 0.6) is 0 Å². The molecule has 3 aromatic rings. The Morgan fingerprint density at radius 3 is 2.64 bits per heavy atom. The predicted octanol–water partition coefficient (Wildman–Crippen LogP) is 2.92. The smallest absolute Gasteiger partial charge is 0.337 e. The summed E-state index contributed by atoms with van der Waals surface area (Å²) in [6, 6.07) is 16.3. The number of rotatable bonds is 6. The first-order valence-electron chi connectivity index (χ1n) is 7.60. The molecule has 25 heavy (non-hydrogen) atoms. The summed E-state index contributed by atoms with van der Waals surface area (Å²) in [6.07, 6.45) is 2.85. The monoisotopic (exact) mass is 336 g/mol. The molecule has 0 aliphatic carbocycles. The Hall–Kier alpha value is -3.41. The summed E-state index contributed by atoms with van der Waals surface area (Å²) in [6.45, 7) is 0.423. The van der Waals surface area contributed by atoms with Crippen LogP contribution in [0.1, 0.15) is 27.6 Å². The number of esters is 1. The Bertz CT molecular complexity index is 874. The van der Waals surface area contributed by atoms with Crippen LogP contribution < -0.4 is 0 Å². The molecule has 0 aliphatic rings. The van der Waals surface area contributed by atoms with Crippen molar-refractivity contribution < 1.29 is 19.1 Å². The zero-order valence-electron chi connectivity index (χ0n) is 13.5. The highest BCUT2D eigenvalue weighted by atomic mass is 16.5. The average Bonchev–Trinajstić information content (AvgIpc) is 3.16. The highest BCUT2D eigenvalue weighted by Crippen LogP contribution is 2.25. The van der Waals surface area contributed by atoms with Gasteiger partial charge in [0, 0.05) is 11.8 Å². The molecule has 2 aromatic carbocycles. The summed E-state index contributed by atoms with van der Waals surface area (Å²) < 4.78 is 11.6.